The van der Waals surface area contributed by atoms with Crippen molar-refractivity contribution in [3.63, 3.8) is 0 Å². The molecule has 0 aromatic heterocycles. The first kappa shape index (κ1) is 16.0. The number of aliphatic imine (C=N–C) groups is 1. The molecule has 2 rings (SSSR count). The van der Waals surface area contributed by atoms with Gasteiger partial charge in [-0.2, -0.15) is 0 Å². The third-order valence-electron chi connectivity index (χ3n) is 3.17. The lowest BCUT2D eigenvalue weighted by Gasteiger charge is -2.09. The molecule has 0 bridgehead atoms. The molecule has 0 unspecified atom stereocenters. The van der Waals surface area contributed by atoms with E-state index < -0.39 is 0 Å². The predicted octanol–water partition coefficient (Wildman–Crippen LogP) is 5.56. The fourth-order valence-electron chi connectivity index (χ4n) is 2.11. The average Bonchev–Trinajstić information content (AvgIpc) is 2.48. The molecule has 3 heteroatoms. The van der Waals surface area contributed by atoms with Gasteiger partial charge in [-0.25, -0.2) is 0 Å². The van der Waals surface area contributed by atoms with Crippen molar-refractivity contribution in [3.05, 3.63) is 57.2 Å². The molecule has 0 saturated heterocycles. The van der Waals surface area contributed by atoms with E-state index >= 15 is 0 Å². The number of rotatable bonds is 5. The van der Waals surface area contributed by atoms with Crippen molar-refractivity contribution in [3.8, 4) is 5.75 Å². The van der Waals surface area contributed by atoms with Crippen molar-refractivity contribution in [2.45, 2.75) is 26.7 Å². The zero-order valence-corrected chi connectivity index (χ0v) is 14.8. The van der Waals surface area contributed by atoms with Gasteiger partial charge >= 0.3 is 0 Å². The molecule has 2 aromatic rings. The van der Waals surface area contributed by atoms with E-state index in [0.29, 0.717) is 12.5 Å². The van der Waals surface area contributed by atoms with Crippen LogP contribution in [-0.2, 0) is 0 Å². The molecule has 0 fully saturated rings. The first-order valence-electron chi connectivity index (χ1n) is 7.17. The monoisotopic (exact) mass is 393 g/mol. The summed E-state index contributed by atoms with van der Waals surface area (Å²) in [6.45, 7) is 7.06. The maximum atomic E-state index is 5.55. The summed E-state index contributed by atoms with van der Waals surface area (Å²) in [4.78, 5) is 4.65. The van der Waals surface area contributed by atoms with Crippen LogP contribution in [0.4, 0.5) is 5.69 Å². The van der Waals surface area contributed by atoms with Crippen LogP contribution in [0.25, 0.3) is 0 Å². The smallest absolute Gasteiger partial charge is 0.132 e. The predicted molar refractivity (Wildman–Crippen MR) is 98.1 cm³/mol. The molecule has 0 aliphatic heterocycles. The number of nitrogens with zero attached hydrogens (tertiary/aromatic N) is 1. The molecule has 2 nitrogen and oxygen atoms in total. The summed E-state index contributed by atoms with van der Waals surface area (Å²) >= 11 is 2.29. The summed E-state index contributed by atoms with van der Waals surface area (Å²) in [6.07, 6.45) is 1.92. The molecular weight excluding hydrogens is 373 g/mol. The number of ether oxygens (including phenoxy) is 1. The molecule has 0 radical (unpaired) electrons. The maximum Gasteiger partial charge on any atom is 0.132 e. The third kappa shape index (κ3) is 4.30. The molecule has 2 aromatic carbocycles. The summed E-state index contributed by atoms with van der Waals surface area (Å²) < 4.78 is 6.66. The number of para-hydroxylation sites is 1. The molecule has 0 heterocycles. The van der Waals surface area contributed by atoms with Crippen LogP contribution >= 0.6 is 22.6 Å². The van der Waals surface area contributed by atoms with E-state index in [4.69, 9.17) is 4.74 Å². The van der Waals surface area contributed by atoms with Gasteiger partial charge in [-0.15, -0.1) is 0 Å². The van der Waals surface area contributed by atoms with Crippen LogP contribution in [-0.4, -0.2) is 12.8 Å². The van der Waals surface area contributed by atoms with Crippen molar-refractivity contribution in [2.24, 2.45) is 4.99 Å². The first-order chi connectivity index (χ1) is 10.1. The van der Waals surface area contributed by atoms with E-state index in [1.807, 2.05) is 31.3 Å². The summed E-state index contributed by atoms with van der Waals surface area (Å²) in [6, 6.07) is 14.4. The standard InChI is InChI=1S/C18H20INO/c1-4-21-18-10-9-14(11-16(18)19)12-20-17-8-6-5-7-15(17)13(2)3/h5-13H,4H2,1-3H3. The first-order valence-corrected chi connectivity index (χ1v) is 8.25. The molecule has 0 N–H and O–H groups in total. The van der Waals surface area contributed by atoms with Gasteiger partial charge in [0.05, 0.1) is 15.9 Å². The van der Waals surface area contributed by atoms with Gasteiger partial charge in [0, 0.05) is 6.21 Å². The highest BCUT2D eigenvalue weighted by molar-refractivity contribution is 14.1. The van der Waals surface area contributed by atoms with Crippen LogP contribution in [0.15, 0.2) is 47.5 Å². The Balaban J connectivity index is 2.24. The summed E-state index contributed by atoms with van der Waals surface area (Å²) in [7, 11) is 0. The summed E-state index contributed by atoms with van der Waals surface area (Å²) in [5.41, 5.74) is 3.40. The zero-order chi connectivity index (χ0) is 15.2. The topological polar surface area (TPSA) is 21.6 Å². The van der Waals surface area contributed by atoms with E-state index in [-0.39, 0.29) is 0 Å². The Hall–Kier alpha value is -1.36. The van der Waals surface area contributed by atoms with E-state index in [9.17, 15) is 0 Å². The fraction of sp³-hybridized carbons (Fsp3) is 0.278. The summed E-state index contributed by atoms with van der Waals surface area (Å²) in [5, 5.41) is 0. The highest BCUT2D eigenvalue weighted by atomic mass is 127. The number of hydrogen-bond donors (Lipinski definition) is 0. The Morgan fingerprint density at radius 3 is 2.62 bits per heavy atom. The van der Waals surface area contributed by atoms with Gasteiger partial charge in [-0.3, -0.25) is 4.99 Å². The zero-order valence-electron chi connectivity index (χ0n) is 12.6. The number of halogens is 1. The van der Waals surface area contributed by atoms with Gasteiger partial charge in [-0.1, -0.05) is 32.0 Å². The van der Waals surface area contributed by atoms with Crippen molar-refractivity contribution in [1.82, 2.24) is 0 Å². The SMILES string of the molecule is CCOc1ccc(C=Nc2ccccc2C(C)C)cc1I. The lowest BCUT2D eigenvalue weighted by atomic mass is 10.0. The molecular formula is C18H20INO. The minimum absolute atomic E-state index is 0.471. The molecule has 110 valence electrons. The molecule has 0 amide bonds. The lowest BCUT2D eigenvalue weighted by molar-refractivity contribution is 0.338. The molecule has 0 saturated carbocycles. The van der Waals surface area contributed by atoms with Crippen LogP contribution in [0.2, 0.25) is 0 Å². The Morgan fingerprint density at radius 2 is 1.95 bits per heavy atom. The van der Waals surface area contributed by atoms with Gasteiger partial charge in [0.15, 0.2) is 0 Å². The second-order valence-electron chi connectivity index (χ2n) is 5.09. The van der Waals surface area contributed by atoms with E-state index in [1.165, 1.54) is 5.56 Å². The molecule has 21 heavy (non-hydrogen) atoms. The quantitative estimate of drug-likeness (QED) is 0.481. The number of hydrogen-bond acceptors (Lipinski definition) is 2. The Kier molecular flexibility index (Phi) is 5.79. The van der Waals surface area contributed by atoms with Crippen molar-refractivity contribution in [1.29, 1.82) is 0 Å². The van der Waals surface area contributed by atoms with Gasteiger partial charge in [-0.05, 0) is 70.8 Å². The Bertz CT molecular complexity index is 635. The highest BCUT2D eigenvalue weighted by Crippen LogP contribution is 2.26. The van der Waals surface area contributed by atoms with Crippen LogP contribution < -0.4 is 4.74 Å². The van der Waals surface area contributed by atoms with Gasteiger partial charge in [0.2, 0.25) is 0 Å². The highest BCUT2D eigenvalue weighted by Gasteiger charge is 2.04. The Morgan fingerprint density at radius 1 is 1.19 bits per heavy atom. The van der Waals surface area contributed by atoms with Crippen molar-refractivity contribution in [2.75, 3.05) is 6.61 Å². The molecule has 0 aliphatic rings. The van der Waals surface area contributed by atoms with Crippen LogP contribution in [0.3, 0.4) is 0 Å². The average molecular weight is 393 g/mol. The van der Waals surface area contributed by atoms with Crippen LogP contribution in [0, 0.1) is 3.57 Å². The maximum absolute atomic E-state index is 5.55. The van der Waals surface area contributed by atoms with E-state index in [2.05, 4.69) is 65.7 Å². The van der Waals surface area contributed by atoms with Crippen molar-refractivity contribution >= 4 is 34.5 Å². The van der Waals surface area contributed by atoms with Gasteiger partial charge < -0.3 is 4.74 Å². The lowest BCUT2D eigenvalue weighted by Crippen LogP contribution is -1.94. The second-order valence-corrected chi connectivity index (χ2v) is 6.26. The van der Waals surface area contributed by atoms with Gasteiger partial charge in [0.1, 0.15) is 5.75 Å². The number of benzene rings is 2. The minimum Gasteiger partial charge on any atom is -0.493 e. The molecule has 0 aliphatic carbocycles. The Labute approximate surface area is 140 Å². The van der Waals surface area contributed by atoms with E-state index in [1.54, 1.807) is 0 Å². The second kappa shape index (κ2) is 7.59. The normalized spacial score (nSPS) is 11.3. The van der Waals surface area contributed by atoms with E-state index in [0.717, 1.165) is 20.6 Å². The molecule has 0 atom stereocenters. The largest absolute Gasteiger partial charge is 0.493 e. The third-order valence-corrected chi connectivity index (χ3v) is 4.01. The molecule has 0 spiro atoms. The summed E-state index contributed by atoms with van der Waals surface area (Å²) in [5.74, 6) is 1.40. The fourth-order valence-corrected chi connectivity index (χ4v) is 2.80. The minimum atomic E-state index is 0.471. The van der Waals surface area contributed by atoms with Crippen molar-refractivity contribution < 1.29 is 4.74 Å². The van der Waals surface area contributed by atoms with Gasteiger partial charge in [0.25, 0.3) is 0 Å². The van der Waals surface area contributed by atoms with Crippen LogP contribution in [0.1, 0.15) is 37.8 Å². The van der Waals surface area contributed by atoms with Crippen LogP contribution in [0.5, 0.6) is 5.75 Å².